The van der Waals surface area contributed by atoms with Crippen molar-refractivity contribution in [1.82, 2.24) is 0 Å². The van der Waals surface area contributed by atoms with Crippen LogP contribution in [0.3, 0.4) is 0 Å². The Morgan fingerprint density at radius 2 is 0.738 bits per heavy atom. The molecule has 0 aliphatic carbocycles. The first kappa shape index (κ1) is 40.7. The van der Waals surface area contributed by atoms with Gasteiger partial charge in [0.25, 0.3) is 0 Å². The summed E-state index contributed by atoms with van der Waals surface area (Å²) in [5.74, 6) is -12.8. The van der Waals surface area contributed by atoms with Gasteiger partial charge in [0, 0.05) is 0 Å². The molecule has 0 N–H and O–H groups in total. The number of hydrogen-bond donors (Lipinski definition) is 0. The molecule has 0 saturated carbocycles. The van der Waals surface area contributed by atoms with Gasteiger partial charge in [-0.1, -0.05) is 110 Å². The highest BCUT2D eigenvalue weighted by atomic mass is 32.2. The van der Waals surface area contributed by atoms with E-state index in [0.29, 0.717) is 0 Å². The van der Waals surface area contributed by atoms with E-state index in [4.69, 9.17) is 0 Å². The first-order chi connectivity index (χ1) is 19.9. The molecule has 4 nitrogen and oxygen atoms in total. The highest BCUT2D eigenvalue weighted by Crippen LogP contribution is 2.26. The van der Waals surface area contributed by atoms with Crippen molar-refractivity contribution < 1.29 is 39.4 Å². The Morgan fingerprint density at radius 3 is 1.00 bits per heavy atom. The van der Waals surface area contributed by atoms with Crippen LogP contribution in [0.4, 0.5) is 22.0 Å². The second kappa shape index (κ2) is 23.2. The lowest BCUT2D eigenvalue weighted by Gasteiger charge is -2.35. The maximum absolute atomic E-state index is 12.6. The molecule has 0 aliphatic rings. The number of rotatable bonds is 23. The quantitative estimate of drug-likeness (QED) is 0.0302. The van der Waals surface area contributed by atoms with Crippen molar-refractivity contribution in [2.75, 3.05) is 26.2 Å². The molecule has 248 valence electrons. The number of quaternary nitrogens is 1. The summed E-state index contributed by atoms with van der Waals surface area (Å²) < 4.78 is 94.2. The third-order valence-electron chi connectivity index (χ3n) is 8.42. The van der Waals surface area contributed by atoms with Gasteiger partial charge in [0.05, 0.1) is 26.2 Å². The Kier molecular flexibility index (Phi) is 22.5. The van der Waals surface area contributed by atoms with E-state index in [1.54, 1.807) is 0 Å². The number of halogens is 5. The highest BCUT2D eigenvalue weighted by molar-refractivity contribution is 7.85. The summed E-state index contributed by atoms with van der Waals surface area (Å²) in [6.07, 6.45) is 26.4. The van der Waals surface area contributed by atoms with E-state index in [-0.39, 0.29) is 0 Å². The molecule has 0 aromatic heterocycles. The van der Waals surface area contributed by atoms with Crippen molar-refractivity contribution in [2.24, 2.45) is 0 Å². The molecule has 0 unspecified atom stereocenters. The van der Waals surface area contributed by atoms with Gasteiger partial charge in [-0.2, -0.15) is 0 Å². The van der Waals surface area contributed by atoms with Crippen molar-refractivity contribution >= 4 is 10.1 Å². The van der Waals surface area contributed by atoms with Crippen LogP contribution in [0.2, 0.25) is 0 Å². The van der Waals surface area contributed by atoms with E-state index in [1.807, 2.05) is 0 Å². The van der Waals surface area contributed by atoms with Crippen LogP contribution in [-0.2, 0) is 10.1 Å². The largest absolute Gasteiger partial charge is 0.744 e. The Bertz CT molecular complexity index is 919. The van der Waals surface area contributed by atoms with Gasteiger partial charge in [-0.15, -0.1) is 0 Å². The first-order valence-electron chi connectivity index (χ1n) is 16.2. The predicted molar refractivity (Wildman–Crippen MR) is 160 cm³/mol. The summed E-state index contributed by atoms with van der Waals surface area (Å²) in [6, 6.07) is 0. The molecule has 0 atom stereocenters. The van der Waals surface area contributed by atoms with Gasteiger partial charge >= 0.3 is 0 Å². The SMILES string of the molecule is CCCCCCCCCCCCCCCCCCCC[N+](CC)(CC)CC.O=S(=O)([O-])c1c(F)c(F)c(F)c(F)c1F. The standard InChI is InChI=1S/C26H56N.C6HF5O3S/c1-5-9-10-11-12-13-14-15-16-17-18-19-20-21-22-23-24-25-26-27(6-2,7-3)8-4;7-1-2(8)4(10)6(15(12,13)14)5(11)3(1)9/h5-26H2,1-4H3;(H,12,13,14)/q+1;/p-1. The molecule has 0 heterocycles. The van der Waals surface area contributed by atoms with Gasteiger partial charge in [-0.05, 0) is 33.6 Å². The minimum Gasteiger partial charge on any atom is -0.744 e. The molecule has 0 saturated heterocycles. The number of unbranched alkanes of at least 4 members (excludes halogenated alkanes) is 17. The molecule has 0 aliphatic heterocycles. The molecule has 0 radical (unpaired) electrons. The highest BCUT2D eigenvalue weighted by Gasteiger charge is 2.29. The van der Waals surface area contributed by atoms with Crippen molar-refractivity contribution in [1.29, 1.82) is 0 Å². The summed E-state index contributed by atoms with van der Waals surface area (Å²) in [5, 5.41) is 0. The van der Waals surface area contributed by atoms with Gasteiger partial charge in [-0.25, -0.2) is 30.4 Å². The molecule has 0 bridgehead atoms. The first-order valence-corrected chi connectivity index (χ1v) is 17.7. The minimum absolute atomic E-state index is 1.31. The molecule has 0 fully saturated rings. The molecule has 0 amide bonds. The number of nitrogens with zero attached hydrogens (tertiary/aromatic N) is 1. The molecular weight excluding hydrogens is 573 g/mol. The number of benzene rings is 1. The fourth-order valence-electron chi connectivity index (χ4n) is 5.30. The lowest BCUT2D eigenvalue weighted by molar-refractivity contribution is -0.923. The second-order valence-corrected chi connectivity index (χ2v) is 12.7. The molecular formula is C32H56F5NO3S. The van der Waals surface area contributed by atoms with E-state index in [0.717, 1.165) is 0 Å². The topological polar surface area (TPSA) is 57.2 Å². The van der Waals surface area contributed by atoms with Crippen molar-refractivity contribution in [3.63, 3.8) is 0 Å². The van der Waals surface area contributed by atoms with E-state index in [9.17, 15) is 34.9 Å². The third kappa shape index (κ3) is 16.0. The normalized spacial score (nSPS) is 12.0. The van der Waals surface area contributed by atoms with Crippen molar-refractivity contribution in [3.8, 4) is 0 Å². The fourth-order valence-corrected chi connectivity index (χ4v) is 5.92. The summed E-state index contributed by atoms with van der Waals surface area (Å²) in [4.78, 5) is -2.38. The molecule has 1 rings (SSSR count). The monoisotopic (exact) mass is 629 g/mol. The summed E-state index contributed by atoms with van der Waals surface area (Å²) in [7, 11) is -5.77. The maximum atomic E-state index is 12.6. The zero-order valence-corrected chi connectivity index (χ0v) is 27.3. The van der Waals surface area contributed by atoms with Gasteiger partial charge in [0.1, 0.15) is 15.0 Å². The number of hydrogen-bond acceptors (Lipinski definition) is 3. The lowest BCUT2D eigenvalue weighted by Crippen LogP contribution is -2.48. The Labute approximate surface area is 252 Å². The van der Waals surface area contributed by atoms with Crippen LogP contribution in [-0.4, -0.2) is 43.6 Å². The predicted octanol–water partition coefficient (Wildman–Crippen LogP) is 10.2. The zero-order chi connectivity index (χ0) is 32.0. The van der Waals surface area contributed by atoms with Crippen LogP contribution in [0.5, 0.6) is 0 Å². The van der Waals surface area contributed by atoms with Crippen LogP contribution < -0.4 is 0 Å². The average molecular weight is 630 g/mol. The Morgan fingerprint density at radius 1 is 0.476 bits per heavy atom. The van der Waals surface area contributed by atoms with Crippen LogP contribution >= 0.6 is 0 Å². The van der Waals surface area contributed by atoms with E-state index < -0.39 is 44.1 Å². The second-order valence-electron chi connectivity index (χ2n) is 11.4. The average Bonchev–Trinajstić information content (AvgIpc) is 2.96. The van der Waals surface area contributed by atoms with E-state index >= 15 is 0 Å². The maximum Gasteiger partial charge on any atom is 0.200 e. The van der Waals surface area contributed by atoms with Crippen LogP contribution in [0.25, 0.3) is 0 Å². The lowest BCUT2D eigenvalue weighted by atomic mass is 10.0. The molecule has 42 heavy (non-hydrogen) atoms. The summed E-state index contributed by atoms with van der Waals surface area (Å²) in [6.45, 7) is 14.7. The Hall–Kier alpha value is -1.26. The van der Waals surface area contributed by atoms with E-state index in [1.165, 1.54) is 146 Å². The third-order valence-corrected chi connectivity index (χ3v) is 9.28. The summed E-state index contributed by atoms with van der Waals surface area (Å²) >= 11 is 0. The van der Waals surface area contributed by atoms with Crippen molar-refractivity contribution in [2.45, 2.75) is 148 Å². The van der Waals surface area contributed by atoms with Crippen molar-refractivity contribution in [3.05, 3.63) is 29.1 Å². The van der Waals surface area contributed by atoms with Gasteiger partial charge in [-0.3, -0.25) is 0 Å². The van der Waals surface area contributed by atoms with Crippen LogP contribution in [0.1, 0.15) is 143 Å². The molecule has 10 heteroatoms. The smallest absolute Gasteiger partial charge is 0.200 e. The zero-order valence-electron chi connectivity index (χ0n) is 26.5. The molecule has 0 spiro atoms. The Balaban J connectivity index is 0.000000938. The molecule has 1 aromatic rings. The van der Waals surface area contributed by atoms with Crippen LogP contribution in [0, 0.1) is 29.1 Å². The van der Waals surface area contributed by atoms with Gasteiger partial charge in [0.15, 0.2) is 23.3 Å². The van der Waals surface area contributed by atoms with Gasteiger partial charge in [0.2, 0.25) is 5.82 Å². The molecule has 1 aromatic carbocycles. The van der Waals surface area contributed by atoms with Gasteiger partial charge < -0.3 is 9.04 Å². The van der Waals surface area contributed by atoms with E-state index in [2.05, 4.69) is 27.7 Å². The van der Waals surface area contributed by atoms with Crippen LogP contribution in [0.15, 0.2) is 4.90 Å². The fraction of sp³-hybridized carbons (Fsp3) is 0.812. The minimum atomic E-state index is -5.77. The summed E-state index contributed by atoms with van der Waals surface area (Å²) in [5.41, 5.74) is 0.